The van der Waals surface area contributed by atoms with Gasteiger partial charge in [-0.2, -0.15) is 13.2 Å². The summed E-state index contributed by atoms with van der Waals surface area (Å²) in [5, 5.41) is 2.09. The summed E-state index contributed by atoms with van der Waals surface area (Å²) in [7, 11) is 0. The van der Waals surface area contributed by atoms with Crippen molar-refractivity contribution >= 4 is 21.8 Å². The Kier molecular flexibility index (Phi) is 3.98. The monoisotopic (exact) mass is 375 g/mol. The molecule has 0 aliphatic heterocycles. The molecule has 0 radical (unpaired) electrons. The van der Waals surface area contributed by atoms with Crippen LogP contribution in [-0.2, 0) is 6.18 Å². The van der Waals surface area contributed by atoms with Crippen molar-refractivity contribution in [3.05, 3.63) is 33.5 Å². The molecular weight excluding hydrogens is 368 g/mol. The van der Waals surface area contributed by atoms with Crippen LogP contribution in [0.5, 0.6) is 0 Å². The Morgan fingerprint density at radius 1 is 1.29 bits per heavy atom. The number of halogens is 7. The van der Waals surface area contributed by atoms with E-state index in [4.69, 9.17) is 0 Å². The molecule has 0 atom stereocenters. The van der Waals surface area contributed by atoms with Crippen LogP contribution in [0.3, 0.4) is 0 Å². The summed E-state index contributed by atoms with van der Waals surface area (Å²) < 4.78 is 76.7. The highest BCUT2D eigenvalue weighted by atomic mass is 79.9. The van der Waals surface area contributed by atoms with Crippen LogP contribution in [0.4, 0.5) is 26.3 Å². The number of alkyl halides is 5. The van der Waals surface area contributed by atoms with Gasteiger partial charge in [0.05, 0.1) is 11.1 Å². The van der Waals surface area contributed by atoms with Gasteiger partial charge in [-0.05, 0) is 28.1 Å². The quantitative estimate of drug-likeness (QED) is 0.773. The highest BCUT2D eigenvalue weighted by molar-refractivity contribution is 9.10. The van der Waals surface area contributed by atoms with Gasteiger partial charge in [-0.15, -0.1) is 0 Å². The normalized spacial score (nSPS) is 18.2. The van der Waals surface area contributed by atoms with Crippen molar-refractivity contribution in [3.8, 4) is 0 Å². The van der Waals surface area contributed by atoms with E-state index in [0.29, 0.717) is 6.07 Å². The second kappa shape index (κ2) is 5.19. The van der Waals surface area contributed by atoms with E-state index < -0.39 is 53.8 Å². The zero-order chi connectivity index (χ0) is 16.0. The molecule has 1 N–H and O–H groups in total. The number of amides is 1. The number of carbonyl (C=O) groups is 1. The third-order valence-corrected chi connectivity index (χ3v) is 3.71. The van der Waals surface area contributed by atoms with E-state index in [1.54, 1.807) is 0 Å². The smallest absolute Gasteiger partial charge is 0.349 e. The maximum atomic E-state index is 13.8. The molecular formula is C12H8BrF6NO. The lowest BCUT2D eigenvalue weighted by Gasteiger charge is -2.35. The number of hydrogen-bond acceptors (Lipinski definition) is 1. The van der Waals surface area contributed by atoms with Gasteiger partial charge < -0.3 is 5.32 Å². The van der Waals surface area contributed by atoms with E-state index in [9.17, 15) is 31.1 Å². The van der Waals surface area contributed by atoms with Crippen LogP contribution < -0.4 is 5.32 Å². The molecule has 0 unspecified atom stereocenters. The summed E-state index contributed by atoms with van der Waals surface area (Å²) in [4.78, 5) is 11.8. The molecule has 1 aliphatic rings. The van der Waals surface area contributed by atoms with Crippen molar-refractivity contribution in [2.45, 2.75) is 31.0 Å². The fraction of sp³-hybridized carbons (Fsp3) is 0.417. The van der Waals surface area contributed by atoms with Crippen molar-refractivity contribution in [2.24, 2.45) is 0 Å². The van der Waals surface area contributed by atoms with Gasteiger partial charge in [0, 0.05) is 23.4 Å². The third-order valence-electron chi connectivity index (χ3n) is 3.05. The zero-order valence-corrected chi connectivity index (χ0v) is 11.8. The van der Waals surface area contributed by atoms with Crippen molar-refractivity contribution in [1.82, 2.24) is 5.32 Å². The topological polar surface area (TPSA) is 29.1 Å². The molecule has 0 bridgehead atoms. The fourth-order valence-corrected chi connectivity index (χ4v) is 2.49. The molecule has 1 saturated carbocycles. The number of carbonyl (C=O) groups excluding carboxylic acids is 1. The van der Waals surface area contributed by atoms with E-state index in [1.165, 1.54) is 0 Å². The largest absolute Gasteiger partial charge is 0.419 e. The summed E-state index contributed by atoms with van der Waals surface area (Å²) >= 11 is 2.78. The van der Waals surface area contributed by atoms with Crippen LogP contribution in [0.1, 0.15) is 28.8 Å². The van der Waals surface area contributed by atoms with Gasteiger partial charge >= 0.3 is 6.18 Å². The molecule has 116 valence electrons. The van der Waals surface area contributed by atoms with Crippen LogP contribution in [0, 0.1) is 5.82 Å². The molecule has 2 nitrogen and oxygen atoms in total. The lowest BCUT2D eigenvalue weighted by molar-refractivity contribution is -0.140. The summed E-state index contributed by atoms with van der Waals surface area (Å²) in [6, 6.07) is 0.498. The number of rotatable bonds is 2. The first-order valence-electron chi connectivity index (χ1n) is 5.75. The molecule has 0 heterocycles. The van der Waals surface area contributed by atoms with Gasteiger partial charge in [-0.3, -0.25) is 4.79 Å². The van der Waals surface area contributed by atoms with E-state index >= 15 is 0 Å². The van der Waals surface area contributed by atoms with Crippen LogP contribution >= 0.6 is 15.9 Å². The molecule has 1 aliphatic carbocycles. The Balaban J connectivity index is 2.25. The molecule has 0 saturated heterocycles. The van der Waals surface area contributed by atoms with Crippen LogP contribution in [-0.4, -0.2) is 17.9 Å². The van der Waals surface area contributed by atoms with E-state index in [0.717, 1.165) is 6.07 Å². The highest BCUT2D eigenvalue weighted by Crippen LogP contribution is 2.38. The Hall–Kier alpha value is -1.25. The molecule has 1 aromatic carbocycles. The Labute approximate surface area is 123 Å². The van der Waals surface area contributed by atoms with Crippen LogP contribution in [0.25, 0.3) is 0 Å². The minimum atomic E-state index is -4.96. The van der Waals surface area contributed by atoms with Crippen LogP contribution in [0.2, 0.25) is 0 Å². The highest BCUT2D eigenvalue weighted by Gasteiger charge is 2.46. The molecule has 0 aromatic heterocycles. The second-order valence-electron chi connectivity index (χ2n) is 4.72. The Morgan fingerprint density at radius 3 is 2.33 bits per heavy atom. The summed E-state index contributed by atoms with van der Waals surface area (Å²) in [6.07, 6.45) is -6.18. The summed E-state index contributed by atoms with van der Waals surface area (Å²) in [5.41, 5.74) is -2.44. The van der Waals surface area contributed by atoms with Gasteiger partial charge in [0.15, 0.2) is 0 Å². The predicted octanol–water partition coefficient (Wildman–Crippen LogP) is 4.13. The van der Waals surface area contributed by atoms with Crippen molar-refractivity contribution in [1.29, 1.82) is 0 Å². The summed E-state index contributed by atoms with van der Waals surface area (Å²) in [6.45, 7) is 0. The van der Waals surface area contributed by atoms with E-state index in [-0.39, 0.29) is 4.47 Å². The average molecular weight is 376 g/mol. The average Bonchev–Trinajstić information content (AvgIpc) is 2.24. The molecule has 1 fully saturated rings. The SMILES string of the molecule is O=C(NC1CC(F)(F)C1)c1c(Br)ccc(C(F)(F)F)c1F. The number of benzene rings is 1. The first-order valence-corrected chi connectivity index (χ1v) is 6.54. The Morgan fingerprint density at radius 2 is 1.86 bits per heavy atom. The van der Waals surface area contributed by atoms with Gasteiger partial charge in [0.25, 0.3) is 11.8 Å². The minimum absolute atomic E-state index is 0.184. The van der Waals surface area contributed by atoms with Gasteiger partial charge in [-0.25, -0.2) is 13.2 Å². The third kappa shape index (κ3) is 3.33. The van der Waals surface area contributed by atoms with Gasteiger partial charge in [-0.1, -0.05) is 0 Å². The van der Waals surface area contributed by atoms with Crippen molar-refractivity contribution in [3.63, 3.8) is 0 Å². The van der Waals surface area contributed by atoms with Gasteiger partial charge in [0.2, 0.25) is 0 Å². The summed E-state index contributed by atoms with van der Waals surface area (Å²) in [5.74, 6) is -5.80. The first-order chi connectivity index (χ1) is 9.51. The molecule has 2 rings (SSSR count). The fourth-order valence-electron chi connectivity index (χ4n) is 2.00. The molecule has 21 heavy (non-hydrogen) atoms. The van der Waals surface area contributed by atoms with E-state index in [1.807, 2.05) is 0 Å². The predicted molar refractivity (Wildman–Crippen MR) is 64.5 cm³/mol. The van der Waals surface area contributed by atoms with Crippen LogP contribution in [0.15, 0.2) is 16.6 Å². The lowest BCUT2D eigenvalue weighted by atomic mass is 9.88. The van der Waals surface area contributed by atoms with Crippen molar-refractivity contribution < 1.29 is 31.1 Å². The molecule has 0 spiro atoms. The molecule has 1 aromatic rings. The maximum Gasteiger partial charge on any atom is 0.419 e. The zero-order valence-electron chi connectivity index (χ0n) is 10.2. The molecule has 1 amide bonds. The van der Waals surface area contributed by atoms with E-state index in [2.05, 4.69) is 21.2 Å². The number of nitrogens with one attached hydrogen (secondary N) is 1. The number of hydrogen-bond donors (Lipinski definition) is 1. The Bertz CT molecular complexity index is 578. The van der Waals surface area contributed by atoms with Gasteiger partial charge in [0.1, 0.15) is 5.82 Å². The first kappa shape index (κ1) is 16.1. The lowest BCUT2D eigenvalue weighted by Crippen LogP contribution is -2.50. The molecule has 9 heteroatoms. The maximum absolute atomic E-state index is 13.8. The standard InChI is InChI=1S/C12H8BrF6NO/c13-7-2-1-6(12(17,18)19)9(14)8(7)10(21)20-5-3-11(15,16)4-5/h1-2,5H,3-4H2,(H,20,21). The minimum Gasteiger partial charge on any atom is -0.349 e. The second-order valence-corrected chi connectivity index (χ2v) is 5.57. The van der Waals surface area contributed by atoms with Crippen molar-refractivity contribution in [2.75, 3.05) is 0 Å².